The number of hydrogen-bond acceptors (Lipinski definition) is 2. The summed E-state index contributed by atoms with van der Waals surface area (Å²) in [6.07, 6.45) is 2.08. The molecule has 1 aliphatic rings. The molecule has 2 amide bonds. The predicted octanol–water partition coefficient (Wildman–Crippen LogP) is -0.237. The van der Waals surface area contributed by atoms with Crippen LogP contribution in [0.1, 0.15) is 26.2 Å². The van der Waals surface area contributed by atoms with Crippen LogP contribution in [0.4, 0.5) is 0 Å². The van der Waals surface area contributed by atoms with Gasteiger partial charge in [0.15, 0.2) is 0 Å². The number of primary amides is 2. The zero-order valence-corrected chi connectivity index (χ0v) is 7.17. The molecule has 12 heavy (non-hydrogen) atoms. The molecule has 1 saturated carbocycles. The van der Waals surface area contributed by atoms with Crippen molar-refractivity contribution in [2.75, 3.05) is 0 Å². The van der Waals surface area contributed by atoms with Gasteiger partial charge in [-0.3, -0.25) is 9.59 Å². The van der Waals surface area contributed by atoms with Crippen LogP contribution in [0.3, 0.4) is 0 Å². The highest BCUT2D eigenvalue weighted by Crippen LogP contribution is 2.55. The van der Waals surface area contributed by atoms with Crippen LogP contribution in [-0.2, 0) is 9.59 Å². The van der Waals surface area contributed by atoms with Gasteiger partial charge in [0.2, 0.25) is 11.8 Å². The van der Waals surface area contributed by atoms with Crippen molar-refractivity contribution < 1.29 is 9.59 Å². The summed E-state index contributed by atoms with van der Waals surface area (Å²) in [5.74, 6) is -1.09. The molecule has 0 aromatic carbocycles. The molecule has 2 atom stereocenters. The molecule has 0 spiro atoms. The Bertz CT molecular complexity index is 227. The third kappa shape index (κ3) is 1.17. The smallest absolute Gasteiger partial charge is 0.224 e. The molecule has 1 aliphatic carbocycles. The summed E-state index contributed by atoms with van der Waals surface area (Å²) in [4.78, 5) is 21.8. The van der Waals surface area contributed by atoms with Gasteiger partial charge in [0.25, 0.3) is 0 Å². The second-order valence-corrected chi connectivity index (χ2v) is 3.43. The summed E-state index contributed by atoms with van der Waals surface area (Å²) in [5.41, 5.74) is 9.70. The molecule has 4 nitrogen and oxygen atoms in total. The average molecular weight is 170 g/mol. The molecule has 0 aliphatic heterocycles. The molecule has 0 bridgehead atoms. The van der Waals surface area contributed by atoms with E-state index in [0.717, 1.165) is 6.42 Å². The quantitative estimate of drug-likeness (QED) is 0.610. The van der Waals surface area contributed by atoms with Crippen molar-refractivity contribution in [3.63, 3.8) is 0 Å². The van der Waals surface area contributed by atoms with Crippen LogP contribution in [-0.4, -0.2) is 11.8 Å². The summed E-state index contributed by atoms with van der Waals surface area (Å²) in [5, 5.41) is 0. The lowest BCUT2D eigenvalue weighted by molar-refractivity contribution is -0.127. The predicted molar refractivity (Wildman–Crippen MR) is 43.8 cm³/mol. The van der Waals surface area contributed by atoms with Crippen LogP contribution in [0.2, 0.25) is 0 Å². The molecular formula is C8H14N2O2. The van der Waals surface area contributed by atoms with Gasteiger partial charge in [-0.05, 0) is 12.8 Å². The van der Waals surface area contributed by atoms with Crippen molar-refractivity contribution in [3.05, 3.63) is 0 Å². The van der Waals surface area contributed by atoms with Gasteiger partial charge in [-0.2, -0.15) is 0 Å². The third-order valence-corrected chi connectivity index (χ3v) is 2.61. The Labute approximate surface area is 71.3 Å². The maximum absolute atomic E-state index is 11.0. The number of amides is 2. The molecule has 1 fully saturated rings. The molecule has 0 aromatic rings. The Balaban J connectivity index is 2.68. The normalized spacial score (nSPS) is 32.9. The van der Waals surface area contributed by atoms with E-state index in [1.807, 2.05) is 6.92 Å². The van der Waals surface area contributed by atoms with E-state index in [1.54, 1.807) is 0 Å². The monoisotopic (exact) mass is 170 g/mol. The van der Waals surface area contributed by atoms with Crippen LogP contribution in [0.15, 0.2) is 0 Å². The maximum Gasteiger partial charge on any atom is 0.224 e. The molecule has 2 unspecified atom stereocenters. The molecule has 1 rings (SSSR count). The molecule has 4 N–H and O–H groups in total. The molecule has 0 saturated heterocycles. The first-order valence-corrected chi connectivity index (χ1v) is 4.14. The molecule has 0 radical (unpaired) electrons. The molecule has 4 heteroatoms. The minimum atomic E-state index is -0.597. The first-order valence-electron chi connectivity index (χ1n) is 4.14. The SMILES string of the molecule is CCCC1(C(N)=O)CC1C(N)=O. The van der Waals surface area contributed by atoms with Gasteiger partial charge in [-0.25, -0.2) is 0 Å². The van der Waals surface area contributed by atoms with Crippen LogP contribution < -0.4 is 11.5 Å². The van der Waals surface area contributed by atoms with Crippen molar-refractivity contribution in [3.8, 4) is 0 Å². The minimum absolute atomic E-state index is 0.310. The van der Waals surface area contributed by atoms with Crippen molar-refractivity contribution >= 4 is 11.8 Å². The molecule has 0 heterocycles. The largest absolute Gasteiger partial charge is 0.369 e. The van der Waals surface area contributed by atoms with E-state index < -0.39 is 11.3 Å². The van der Waals surface area contributed by atoms with E-state index in [9.17, 15) is 9.59 Å². The standard InChI is InChI=1S/C8H14N2O2/c1-2-3-8(7(10)12)4-5(8)6(9)11/h5H,2-4H2,1H3,(H2,9,11)(H2,10,12). The Morgan fingerprint density at radius 1 is 1.50 bits per heavy atom. The Morgan fingerprint density at radius 3 is 2.33 bits per heavy atom. The summed E-state index contributed by atoms with van der Waals surface area (Å²) in [7, 11) is 0. The van der Waals surface area contributed by atoms with Crippen LogP contribution in [0, 0.1) is 11.3 Å². The number of rotatable bonds is 4. The van der Waals surface area contributed by atoms with Crippen molar-refractivity contribution in [2.45, 2.75) is 26.2 Å². The highest BCUT2D eigenvalue weighted by molar-refractivity contribution is 5.94. The lowest BCUT2D eigenvalue weighted by atomic mass is 9.96. The Kier molecular flexibility index (Phi) is 2.08. The van der Waals surface area contributed by atoms with Gasteiger partial charge in [-0.1, -0.05) is 13.3 Å². The van der Waals surface area contributed by atoms with Crippen LogP contribution in [0.5, 0.6) is 0 Å². The Morgan fingerprint density at radius 2 is 2.08 bits per heavy atom. The van der Waals surface area contributed by atoms with Crippen molar-refractivity contribution in [1.82, 2.24) is 0 Å². The van der Waals surface area contributed by atoms with E-state index in [1.165, 1.54) is 0 Å². The summed E-state index contributed by atoms with van der Waals surface area (Å²) >= 11 is 0. The van der Waals surface area contributed by atoms with Gasteiger partial charge in [0.1, 0.15) is 0 Å². The first-order chi connectivity index (χ1) is 5.54. The average Bonchev–Trinajstić information content (AvgIpc) is 2.65. The fourth-order valence-corrected chi connectivity index (χ4v) is 1.80. The number of nitrogens with two attached hydrogens (primary N) is 2. The second-order valence-electron chi connectivity index (χ2n) is 3.43. The lowest BCUT2D eigenvalue weighted by Crippen LogP contribution is -2.30. The van der Waals surface area contributed by atoms with E-state index in [4.69, 9.17) is 11.5 Å². The molecular weight excluding hydrogens is 156 g/mol. The van der Waals surface area contributed by atoms with Gasteiger partial charge < -0.3 is 11.5 Å². The van der Waals surface area contributed by atoms with E-state index in [2.05, 4.69) is 0 Å². The van der Waals surface area contributed by atoms with Crippen molar-refractivity contribution in [1.29, 1.82) is 0 Å². The lowest BCUT2D eigenvalue weighted by Gasteiger charge is -2.09. The summed E-state index contributed by atoms with van der Waals surface area (Å²) in [6, 6.07) is 0. The van der Waals surface area contributed by atoms with E-state index in [-0.39, 0.29) is 11.8 Å². The maximum atomic E-state index is 11.0. The van der Waals surface area contributed by atoms with E-state index in [0.29, 0.717) is 12.8 Å². The molecule has 0 aromatic heterocycles. The zero-order chi connectivity index (χ0) is 9.35. The highest BCUT2D eigenvalue weighted by Gasteiger charge is 2.60. The fraction of sp³-hybridized carbons (Fsp3) is 0.750. The highest BCUT2D eigenvalue weighted by atomic mass is 16.2. The number of carbonyl (C=O) groups is 2. The fourth-order valence-electron chi connectivity index (χ4n) is 1.80. The topological polar surface area (TPSA) is 86.2 Å². The van der Waals surface area contributed by atoms with Gasteiger partial charge >= 0.3 is 0 Å². The second kappa shape index (κ2) is 2.77. The van der Waals surface area contributed by atoms with Gasteiger partial charge in [0.05, 0.1) is 11.3 Å². The zero-order valence-electron chi connectivity index (χ0n) is 7.17. The summed E-state index contributed by atoms with van der Waals surface area (Å²) in [6.45, 7) is 1.96. The minimum Gasteiger partial charge on any atom is -0.369 e. The number of carbonyl (C=O) groups excluding carboxylic acids is 2. The summed E-state index contributed by atoms with van der Waals surface area (Å²) < 4.78 is 0. The number of hydrogen-bond donors (Lipinski definition) is 2. The Hall–Kier alpha value is -1.06. The first kappa shape index (κ1) is 9.03. The third-order valence-electron chi connectivity index (χ3n) is 2.61. The van der Waals surface area contributed by atoms with Gasteiger partial charge in [0, 0.05) is 0 Å². The van der Waals surface area contributed by atoms with E-state index >= 15 is 0 Å². The molecule has 68 valence electrons. The van der Waals surface area contributed by atoms with Gasteiger partial charge in [-0.15, -0.1) is 0 Å². The van der Waals surface area contributed by atoms with Crippen molar-refractivity contribution in [2.24, 2.45) is 22.8 Å². The van der Waals surface area contributed by atoms with Crippen LogP contribution >= 0.6 is 0 Å². The van der Waals surface area contributed by atoms with Crippen LogP contribution in [0.25, 0.3) is 0 Å².